The SMILES string of the molecule is CC(C)CC(N)C(=O)Nc1ccc2c(c1)NC(=O)C(C)O2. The van der Waals surface area contributed by atoms with Crippen LogP contribution in [0.5, 0.6) is 5.75 Å². The van der Waals surface area contributed by atoms with E-state index in [1.54, 1.807) is 25.1 Å². The third-order valence-electron chi connectivity index (χ3n) is 3.24. The van der Waals surface area contributed by atoms with Crippen molar-refractivity contribution in [3.63, 3.8) is 0 Å². The number of carbonyl (C=O) groups excluding carboxylic acids is 2. The average molecular weight is 291 g/mol. The third-order valence-corrected chi connectivity index (χ3v) is 3.24. The van der Waals surface area contributed by atoms with Gasteiger partial charge in [0, 0.05) is 5.69 Å². The zero-order valence-corrected chi connectivity index (χ0v) is 12.5. The molecule has 0 spiro atoms. The van der Waals surface area contributed by atoms with Crippen molar-refractivity contribution in [3.05, 3.63) is 18.2 Å². The van der Waals surface area contributed by atoms with Crippen LogP contribution in [0.1, 0.15) is 27.2 Å². The molecule has 1 aliphatic heterocycles. The van der Waals surface area contributed by atoms with Gasteiger partial charge in [0.1, 0.15) is 5.75 Å². The van der Waals surface area contributed by atoms with Crippen molar-refractivity contribution < 1.29 is 14.3 Å². The Hall–Kier alpha value is -2.08. The molecule has 0 aromatic heterocycles. The normalized spacial score (nSPS) is 18.5. The number of benzene rings is 1. The summed E-state index contributed by atoms with van der Waals surface area (Å²) in [6.45, 7) is 5.71. The number of anilines is 2. The zero-order chi connectivity index (χ0) is 15.6. The van der Waals surface area contributed by atoms with Gasteiger partial charge in [-0.25, -0.2) is 0 Å². The van der Waals surface area contributed by atoms with E-state index in [-0.39, 0.29) is 11.8 Å². The Morgan fingerprint density at radius 2 is 2.19 bits per heavy atom. The van der Waals surface area contributed by atoms with Gasteiger partial charge in [-0.2, -0.15) is 0 Å². The number of hydrogen-bond donors (Lipinski definition) is 3. The number of carbonyl (C=O) groups is 2. The van der Waals surface area contributed by atoms with E-state index in [1.165, 1.54) is 0 Å². The van der Waals surface area contributed by atoms with E-state index in [2.05, 4.69) is 10.6 Å². The van der Waals surface area contributed by atoms with Crippen molar-refractivity contribution in [3.8, 4) is 5.75 Å². The highest BCUT2D eigenvalue weighted by atomic mass is 16.5. The Labute approximate surface area is 124 Å². The lowest BCUT2D eigenvalue weighted by molar-refractivity contribution is -0.122. The van der Waals surface area contributed by atoms with Gasteiger partial charge in [0.15, 0.2) is 6.10 Å². The summed E-state index contributed by atoms with van der Waals surface area (Å²) in [7, 11) is 0. The molecule has 0 bridgehead atoms. The fraction of sp³-hybridized carbons (Fsp3) is 0.467. The monoisotopic (exact) mass is 291 g/mol. The van der Waals surface area contributed by atoms with Crippen LogP contribution in [-0.2, 0) is 9.59 Å². The first-order chi connectivity index (χ1) is 9.86. The molecule has 2 unspecified atom stereocenters. The van der Waals surface area contributed by atoms with Gasteiger partial charge in [0.25, 0.3) is 5.91 Å². The molecular formula is C15H21N3O3. The van der Waals surface area contributed by atoms with Gasteiger partial charge >= 0.3 is 0 Å². The molecule has 4 N–H and O–H groups in total. The predicted molar refractivity (Wildman–Crippen MR) is 81.2 cm³/mol. The summed E-state index contributed by atoms with van der Waals surface area (Å²) >= 11 is 0. The summed E-state index contributed by atoms with van der Waals surface area (Å²) in [6, 6.07) is 4.56. The van der Waals surface area contributed by atoms with Gasteiger partial charge in [-0.05, 0) is 37.5 Å². The Kier molecular flexibility index (Phi) is 4.47. The number of fused-ring (bicyclic) bond motifs is 1. The van der Waals surface area contributed by atoms with Crippen molar-refractivity contribution >= 4 is 23.2 Å². The molecular weight excluding hydrogens is 270 g/mol. The second-order valence-electron chi connectivity index (χ2n) is 5.69. The Bertz CT molecular complexity index is 557. The Morgan fingerprint density at radius 1 is 1.48 bits per heavy atom. The molecule has 1 aliphatic rings. The molecule has 0 radical (unpaired) electrons. The van der Waals surface area contributed by atoms with Gasteiger partial charge in [-0.15, -0.1) is 0 Å². The fourth-order valence-corrected chi connectivity index (χ4v) is 2.14. The van der Waals surface area contributed by atoms with Crippen LogP contribution < -0.4 is 21.1 Å². The summed E-state index contributed by atoms with van der Waals surface area (Å²) in [5.74, 6) is 0.498. The van der Waals surface area contributed by atoms with Crippen molar-refractivity contribution in [2.75, 3.05) is 10.6 Å². The first-order valence-corrected chi connectivity index (χ1v) is 7.05. The summed E-state index contributed by atoms with van der Waals surface area (Å²) in [5.41, 5.74) is 6.97. The average Bonchev–Trinajstić information content (AvgIpc) is 2.39. The second kappa shape index (κ2) is 6.13. The van der Waals surface area contributed by atoms with E-state index in [4.69, 9.17) is 10.5 Å². The van der Waals surface area contributed by atoms with Crippen LogP contribution in [0.15, 0.2) is 18.2 Å². The molecule has 0 aliphatic carbocycles. The molecule has 0 saturated carbocycles. The molecule has 6 heteroatoms. The maximum atomic E-state index is 12.0. The smallest absolute Gasteiger partial charge is 0.265 e. The van der Waals surface area contributed by atoms with Crippen LogP contribution in [0, 0.1) is 5.92 Å². The highest BCUT2D eigenvalue weighted by molar-refractivity contribution is 5.99. The lowest BCUT2D eigenvalue weighted by atomic mass is 10.0. The maximum absolute atomic E-state index is 12.0. The van der Waals surface area contributed by atoms with E-state index in [0.29, 0.717) is 29.5 Å². The molecule has 0 saturated heterocycles. The van der Waals surface area contributed by atoms with E-state index in [9.17, 15) is 9.59 Å². The first-order valence-electron chi connectivity index (χ1n) is 7.05. The van der Waals surface area contributed by atoms with Gasteiger partial charge in [0.2, 0.25) is 5.91 Å². The lowest BCUT2D eigenvalue weighted by Gasteiger charge is -2.24. The van der Waals surface area contributed by atoms with Crippen molar-refractivity contribution in [2.24, 2.45) is 11.7 Å². The van der Waals surface area contributed by atoms with Crippen LogP contribution in [0.4, 0.5) is 11.4 Å². The standard InChI is InChI=1S/C15H21N3O3/c1-8(2)6-11(16)15(20)17-10-4-5-13-12(7-10)18-14(19)9(3)21-13/h4-5,7-9,11H,6,16H2,1-3H3,(H,17,20)(H,18,19). The predicted octanol–water partition coefficient (Wildman–Crippen LogP) is 1.72. The molecule has 6 nitrogen and oxygen atoms in total. The topological polar surface area (TPSA) is 93.5 Å². The fourth-order valence-electron chi connectivity index (χ4n) is 2.14. The summed E-state index contributed by atoms with van der Waals surface area (Å²) in [5, 5.41) is 5.49. The van der Waals surface area contributed by atoms with Gasteiger partial charge in [-0.3, -0.25) is 9.59 Å². The van der Waals surface area contributed by atoms with E-state index in [0.717, 1.165) is 0 Å². The van der Waals surface area contributed by atoms with Crippen molar-refractivity contribution in [2.45, 2.75) is 39.3 Å². The van der Waals surface area contributed by atoms with Crippen molar-refractivity contribution in [1.82, 2.24) is 0 Å². The van der Waals surface area contributed by atoms with Crippen LogP contribution in [0.2, 0.25) is 0 Å². The minimum atomic E-state index is -0.549. The maximum Gasteiger partial charge on any atom is 0.265 e. The molecule has 1 heterocycles. The van der Waals surface area contributed by atoms with Crippen molar-refractivity contribution in [1.29, 1.82) is 0 Å². The van der Waals surface area contributed by atoms with Gasteiger partial charge in [0.05, 0.1) is 11.7 Å². The largest absolute Gasteiger partial charge is 0.479 e. The Balaban J connectivity index is 2.07. The number of ether oxygens (including phenoxy) is 1. The first kappa shape index (κ1) is 15.3. The second-order valence-corrected chi connectivity index (χ2v) is 5.69. The van der Waals surface area contributed by atoms with Crippen LogP contribution >= 0.6 is 0 Å². The minimum absolute atomic E-state index is 0.206. The number of amides is 2. The molecule has 21 heavy (non-hydrogen) atoms. The zero-order valence-electron chi connectivity index (χ0n) is 12.5. The number of nitrogens with one attached hydrogen (secondary N) is 2. The molecule has 0 fully saturated rings. The number of hydrogen-bond acceptors (Lipinski definition) is 4. The van der Waals surface area contributed by atoms with E-state index in [1.807, 2.05) is 13.8 Å². The lowest BCUT2D eigenvalue weighted by Crippen LogP contribution is -2.37. The summed E-state index contributed by atoms with van der Waals surface area (Å²) in [4.78, 5) is 23.6. The molecule has 2 atom stereocenters. The molecule has 1 aromatic rings. The number of rotatable bonds is 4. The highest BCUT2D eigenvalue weighted by Crippen LogP contribution is 2.32. The third kappa shape index (κ3) is 3.72. The van der Waals surface area contributed by atoms with Crippen LogP contribution in [0.3, 0.4) is 0 Å². The van der Waals surface area contributed by atoms with Gasteiger partial charge in [-0.1, -0.05) is 13.8 Å². The molecule has 2 amide bonds. The molecule has 114 valence electrons. The summed E-state index contributed by atoms with van der Waals surface area (Å²) in [6.07, 6.45) is 0.103. The minimum Gasteiger partial charge on any atom is -0.479 e. The molecule has 1 aromatic carbocycles. The molecule has 2 rings (SSSR count). The quantitative estimate of drug-likeness (QED) is 0.787. The van der Waals surface area contributed by atoms with Crippen LogP contribution in [0.25, 0.3) is 0 Å². The number of nitrogens with two attached hydrogens (primary N) is 1. The Morgan fingerprint density at radius 3 is 2.86 bits per heavy atom. The van der Waals surface area contributed by atoms with Gasteiger partial charge < -0.3 is 21.1 Å². The highest BCUT2D eigenvalue weighted by Gasteiger charge is 2.24. The van der Waals surface area contributed by atoms with E-state index >= 15 is 0 Å². The summed E-state index contributed by atoms with van der Waals surface area (Å²) < 4.78 is 5.45. The van der Waals surface area contributed by atoms with E-state index < -0.39 is 12.1 Å². The van der Waals surface area contributed by atoms with Crippen LogP contribution in [-0.4, -0.2) is 24.0 Å².